The number of cyclic esters (lactones) is 1. The van der Waals surface area contributed by atoms with Crippen LogP contribution >= 0.6 is 11.8 Å². The van der Waals surface area contributed by atoms with Crippen molar-refractivity contribution in [2.24, 2.45) is 0 Å². The highest BCUT2D eigenvalue weighted by atomic mass is 32.2. The highest BCUT2D eigenvalue weighted by molar-refractivity contribution is 8.00. The van der Waals surface area contributed by atoms with Crippen molar-refractivity contribution in [2.75, 3.05) is 0 Å². The van der Waals surface area contributed by atoms with Gasteiger partial charge < -0.3 is 4.74 Å². The van der Waals surface area contributed by atoms with E-state index in [9.17, 15) is 4.79 Å². The Morgan fingerprint density at radius 3 is 2.70 bits per heavy atom. The Balaban J connectivity index is 1.82. The minimum atomic E-state index is -0.273. The summed E-state index contributed by atoms with van der Waals surface area (Å²) in [5.41, 5.74) is 4.01. The molecule has 1 aliphatic rings. The fraction of sp³-hybridized carbons (Fsp3) is 0.300. The second-order valence-electron chi connectivity index (χ2n) is 6.74. The van der Waals surface area contributed by atoms with Crippen LogP contribution in [-0.4, -0.2) is 37.1 Å². The van der Waals surface area contributed by atoms with E-state index < -0.39 is 0 Å². The van der Waals surface area contributed by atoms with E-state index >= 15 is 0 Å². The Bertz CT molecular complexity index is 987. The molecule has 4 rings (SSSR count). The van der Waals surface area contributed by atoms with Gasteiger partial charge in [-0.25, -0.2) is 0 Å². The summed E-state index contributed by atoms with van der Waals surface area (Å²) in [6.45, 7) is 6.03. The van der Waals surface area contributed by atoms with Crippen molar-refractivity contribution in [3.8, 4) is 17.2 Å². The van der Waals surface area contributed by atoms with Crippen molar-refractivity contribution in [1.82, 2.24) is 19.7 Å². The van der Waals surface area contributed by atoms with Gasteiger partial charge in [0, 0.05) is 12.6 Å². The van der Waals surface area contributed by atoms with Crippen LogP contribution < -0.4 is 0 Å². The Morgan fingerprint density at radius 2 is 2.04 bits per heavy atom. The number of esters is 1. The van der Waals surface area contributed by atoms with E-state index in [0.29, 0.717) is 17.4 Å². The van der Waals surface area contributed by atoms with Gasteiger partial charge in [0.05, 0.1) is 5.69 Å². The maximum Gasteiger partial charge on any atom is 0.319 e. The number of aromatic nitrogens is 4. The number of aryl methyl sites for hydroxylation is 2. The van der Waals surface area contributed by atoms with E-state index in [4.69, 9.17) is 4.74 Å². The van der Waals surface area contributed by atoms with Crippen LogP contribution in [0.4, 0.5) is 0 Å². The summed E-state index contributed by atoms with van der Waals surface area (Å²) in [6, 6.07) is 11.9. The molecule has 7 heteroatoms. The maximum atomic E-state index is 12.1. The highest BCUT2D eigenvalue weighted by Gasteiger charge is 2.34. The Hall–Kier alpha value is -2.67. The molecule has 138 valence electrons. The van der Waals surface area contributed by atoms with E-state index in [2.05, 4.69) is 47.2 Å². The second-order valence-corrected chi connectivity index (χ2v) is 7.91. The molecule has 2 aromatic heterocycles. The fourth-order valence-electron chi connectivity index (χ4n) is 3.22. The first-order valence-electron chi connectivity index (χ1n) is 8.84. The SMILES string of the molecule is Cc1ccc(-n2c(S[C@@H]3C[C@H](C)OC3=O)nnc2-c2ccccn2)c(C)c1. The summed E-state index contributed by atoms with van der Waals surface area (Å²) < 4.78 is 7.28. The van der Waals surface area contributed by atoms with Gasteiger partial charge in [0.2, 0.25) is 0 Å². The number of benzene rings is 1. The lowest BCUT2D eigenvalue weighted by Gasteiger charge is -2.14. The molecule has 1 fully saturated rings. The molecule has 27 heavy (non-hydrogen) atoms. The van der Waals surface area contributed by atoms with Crippen LogP contribution in [0.1, 0.15) is 24.5 Å². The number of carbonyl (C=O) groups excluding carboxylic acids is 1. The van der Waals surface area contributed by atoms with Gasteiger partial charge in [-0.3, -0.25) is 14.3 Å². The van der Waals surface area contributed by atoms with Crippen molar-refractivity contribution < 1.29 is 9.53 Å². The normalized spacial score (nSPS) is 19.3. The van der Waals surface area contributed by atoms with Crippen LogP contribution in [0, 0.1) is 13.8 Å². The molecule has 6 nitrogen and oxygen atoms in total. The first-order chi connectivity index (χ1) is 13.0. The zero-order valence-corrected chi connectivity index (χ0v) is 16.2. The number of ether oxygens (including phenoxy) is 1. The van der Waals surface area contributed by atoms with E-state index in [1.54, 1.807) is 6.20 Å². The average molecular weight is 380 g/mol. The summed E-state index contributed by atoms with van der Waals surface area (Å²) >= 11 is 1.40. The predicted octanol–water partition coefficient (Wildman–Crippen LogP) is 3.74. The summed E-state index contributed by atoms with van der Waals surface area (Å²) in [4.78, 5) is 16.5. The molecule has 0 radical (unpaired) electrons. The molecule has 1 aliphatic heterocycles. The molecule has 0 unspecified atom stereocenters. The average Bonchev–Trinajstić information content (AvgIpc) is 3.19. The summed E-state index contributed by atoms with van der Waals surface area (Å²) in [7, 11) is 0. The maximum absolute atomic E-state index is 12.1. The molecule has 0 N–H and O–H groups in total. The van der Waals surface area contributed by atoms with Crippen molar-refractivity contribution in [2.45, 2.75) is 43.7 Å². The monoisotopic (exact) mass is 380 g/mol. The number of pyridine rings is 1. The first kappa shape index (κ1) is 17.7. The third kappa shape index (κ3) is 3.47. The molecule has 3 heterocycles. The topological polar surface area (TPSA) is 69.9 Å². The lowest BCUT2D eigenvalue weighted by Crippen LogP contribution is -2.11. The number of nitrogens with zero attached hydrogens (tertiary/aromatic N) is 4. The molecule has 0 saturated carbocycles. The van der Waals surface area contributed by atoms with Crippen LogP contribution in [0.15, 0.2) is 47.8 Å². The van der Waals surface area contributed by atoms with Crippen LogP contribution in [0.2, 0.25) is 0 Å². The fourth-order valence-corrected chi connectivity index (χ4v) is 4.38. The number of hydrogen-bond donors (Lipinski definition) is 0. The Labute approximate surface area is 162 Å². The van der Waals surface area contributed by atoms with Gasteiger partial charge in [-0.15, -0.1) is 10.2 Å². The van der Waals surface area contributed by atoms with Crippen molar-refractivity contribution in [3.63, 3.8) is 0 Å². The minimum Gasteiger partial charge on any atom is -0.462 e. The predicted molar refractivity (Wildman–Crippen MR) is 104 cm³/mol. The van der Waals surface area contributed by atoms with Crippen molar-refractivity contribution in [3.05, 3.63) is 53.7 Å². The minimum absolute atomic E-state index is 0.0669. The van der Waals surface area contributed by atoms with Gasteiger partial charge >= 0.3 is 5.97 Å². The van der Waals surface area contributed by atoms with Crippen LogP contribution in [0.5, 0.6) is 0 Å². The van der Waals surface area contributed by atoms with Gasteiger partial charge in [0.15, 0.2) is 11.0 Å². The molecule has 3 aromatic rings. The standard InChI is InChI=1S/C20H20N4O2S/c1-12-7-8-16(13(2)10-12)24-18(15-6-4-5-9-21-15)22-23-20(24)27-17-11-14(3)26-19(17)25/h4-10,14,17H,11H2,1-3H3/t14-,17+/m0/s1. The van der Waals surface area contributed by atoms with Crippen LogP contribution in [0.25, 0.3) is 17.2 Å². The van der Waals surface area contributed by atoms with E-state index in [-0.39, 0.29) is 17.3 Å². The third-order valence-electron chi connectivity index (χ3n) is 4.49. The van der Waals surface area contributed by atoms with Gasteiger partial charge in [-0.05, 0) is 44.5 Å². The quantitative estimate of drug-likeness (QED) is 0.642. The van der Waals surface area contributed by atoms with E-state index in [1.807, 2.05) is 29.7 Å². The van der Waals surface area contributed by atoms with Gasteiger partial charge in [-0.1, -0.05) is 35.5 Å². The molecule has 1 saturated heterocycles. The zero-order chi connectivity index (χ0) is 19.0. The van der Waals surface area contributed by atoms with E-state index in [0.717, 1.165) is 16.9 Å². The zero-order valence-electron chi connectivity index (χ0n) is 15.4. The lowest BCUT2D eigenvalue weighted by molar-refractivity contribution is -0.140. The molecule has 0 bridgehead atoms. The summed E-state index contributed by atoms with van der Waals surface area (Å²) in [5, 5.41) is 9.17. The third-order valence-corrected chi connectivity index (χ3v) is 5.64. The number of hydrogen-bond acceptors (Lipinski definition) is 6. The molecule has 2 atom stereocenters. The second kappa shape index (κ2) is 7.15. The molecule has 0 aliphatic carbocycles. The van der Waals surface area contributed by atoms with Gasteiger partial charge in [0.25, 0.3) is 0 Å². The lowest BCUT2D eigenvalue weighted by atomic mass is 10.1. The molecular formula is C20H20N4O2S. The number of rotatable bonds is 4. The summed E-state index contributed by atoms with van der Waals surface area (Å²) in [6.07, 6.45) is 2.34. The Kier molecular flexibility index (Phi) is 4.70. The van der Waals surface area contributed by atoms with Gasteiger partial charge in [-0.2, -0.15) is 0 Å². The van der Waals surface area contributed by atoms with Crippen molar-refractivity contribution >= 4 is 17.7 Å². The van der Waals surface area contributed by atoms with Crippen LogP contribution in [-0.2, 0) is 9.53 Å². The summed E-state index contributed by atoms with van der Waals surface area (Å²) in [5.74, 6) is 0.464. The number of carbonyl (C=O) groups is 1. The molecule has 0 spiro atoms. The molecular weight excluding hydrogens is 360 g/mol. The van der Waals surface area contributed by atoms with Crippen molar-refractivity contribution in [1.29, 1.82) is 0 Å². The Morgan fingerprint density at radius 1 is 1.19 bits per heavy atom. The molecule has 1 aromatic carbocycles. The highest BCUT2D eigenvalue weighted by Crippen LogP contribution is 2.35. The van der Waals surface area contributed by atoms with Gasteiger partial charge in [0.1, 0.15) is 17.0 Å². The van der Waals surface area contributed by atoms with Crippen LogP contribution in [0.3, 0.4) is 0 Å². The molecule has 0 amide bonds. The smallest absolute Gasteiger partial charge is 0.319 e. The van der Waals surface area contributed by atoms with E-state index in [1.165, 1.54) is 17.3 Å². The largest absolute Gasteiger partial charge is 0.462 e. The first-order valence-corrected chi connectivity index (χ1v) is 9.72. The number of thioether (sulfide) groups is 1.